The summed E-state index contributed by atoms with van der Waals surface area (Å²) in [5.41, 5.74) is 1.67. The van der Waals surface area contributed by atoms with Gasteiger partial charge in [-0.05, 0) is 24.6 Å². The normalized spacial score (nSPS) is 10.1. The lowest BCUT2D eigenvalue weighted by molar-refractivity contribution is -0.384. The molecule has 0 heterocycles. The van der Waals surface area contributed by atoms with Crippen molar-refractivity contribution >= 4 is 33.2 Å². The Labute approximate surface area is 123 Å². The number of nitro groups is 1. The predicted octanol–water partition coefficient (Wildman–Crippen LogP) is 3.92. The molecular weight excluding hydrogens is 324 g/mol. The zero-order valence-electron chi connectivity index (χ0n) is 10.6. The highest BCUT2D eigenvalue weighted by Gasteiger charge is 2.12. The summed E-state index contributed by atoms with van der Waals surface area (Å²) in [4.78, 5) is 22.4. The van der Waals surface area contributed by atoms with E-state index in [0.717, 1.165) is 5.56 Å². The number of rotatable bonds is 3. The van der Waals surface area contributed by atoms with E-state index in [0.29, 0.717) is 15.7 Å². The molecule has 0 aliphatic heterocycles. The maximum atomic E-state index is 12.1. The minimum Gasteiger partial charge on any atom is -0.322 e. The number of non-ortho nitro benzene ring substituents is 1. The number of nitrogens with zero attached hydrogens (tertiary/aromatic N) is 1. The molecule has 0 radical (unpaired) electrons. The summed E-state index contributed by atoms with van der Waals surface area (Å²) in [5, 5.41) is 13.4. The van der Waals surface area contributed by atoms with Crippen molar-refractivity contribution < 1.29 is 9.72 Å². The van der Waals surface area contributed by atoms with Gasteiger partial charge in [0, 0.05) is 27.9 Å². The van der Waals surface area contributed by atoms with Gasteiger partial charge in [0.05, 0.1) is 4.92 Å². The van der Waals surface area contributed by atoms with Crippen LogP contribution in [-0.4, -0.2) is 10.8 Å². The maximum absolute atomic E-state index is 12.1. The number of benzene rings is 2. The third-order valence-corrected chi connectivity index (χ3v) is 3.20. The fraction of sp³-hybridized carbons (Fsp3) is 0.0714. The van der Waals surface area contributed by atoms with Gasteiger partial charge in [0.2, 0.25) is 0 Å². The van der Waals surface area contributed by atoms with Gasteiger partial charge in [0.25, 0.3) is 11.6 Å². The highest BCUT2D eigenvalue weighted by atomic mass is 79.9. The summed E-state index contributed by atoms with van der Waals surface area (Å²) in [6, 6.07) is 11.5. The number of hydrogen-bond acceptors (Lipinski definition) is 3. The van der Waals surface area contributed by atoms with Crippen molar-refractivity contribution in [2.24, 2.45) is 0 Å². The van der Waals surface area contributed by atoms with E-state index in [1.165, 1.54) is 12.1 Å². The third kappa shape index (κ3) is 3.21. The summed E-state index contributed by atoms with van der Waals surface area (Å²) >= 11 is 3.19. The van der Waals surface area contributed by atoms with Crippen LogP contribution in [0.5, 0.6) is 0 Å². The molecule has 2 rings (SSSR count). The Morgan fingerprint density at radius 1 is 1.25 bits per heavy atom. The van der Waals surface area contributed by atoms with Gasteiger partial charge < -0.3 is 5.32 Å². The number of carbonyl (C=O) groups excluding carboxylic acids is 1. The average Bonchev–Trinajstić information content (AvgIpc) is 2.38. The zero-order valence-corrected chi connectivity index (χ0v) is 12.2. The first-order chi connectivity index (χ1) is 9.47. The number of nitro benzene ring substituents is 1. The van der Waals surface area contributed by atoms with Gasteiger partial charge in [-0.2, -0.15) is 0 Å². The van der Waals surface area contributed by atoms with Crippen LogP contribution in [0.4, 0.5) is 11.4 Å². The van der Waals surface area contributed by atoms with Crippen LogP contribution in [0.2, 0.25) is 0 Å². The lowest BCUT2D eigenvalue weighted by Gasteiger charge is -2.08. The summed E-state index contributed by atoms with van der Waals surface area (Å²) in [6.07, 6.45) is 0. The van der Waals surface area contributed by atoms with E-state index in [4.69, 9.17) is 0 Å². The average molecular weight is 335 g/mol. The first kappa shape index (κ1) is 14.2. The SMILES string of the molecule is Cc1ccccc1C(=O)Nc1cc(Br)cc([N+](=O)[O-])c1. The maximum Gasteiger partial charge on any atom is 0.272 e. The molecule has 5 nitrogen and oxygen atoms in total. The lowest BCUT2D eigenvalue weighted by atomic mass is 10.1. The number of hydrogen-bond donors (Lipinski definition) is 1. The van der Waals surface area contributed by atoms with Crippen LogP contribution in [-0.2, 0) is 0 Å². The van der Waals surface area contributed by atoms with E-state index in [1.807, 2.05) is 19.1 Å². The second-order valence-corrected chi connectivity index (χ2v) is 5.14. The van der Waals surface area contributed by atoms with E-state index in [2.05, 4.69) is 21.2 Å². The first-order valence-electron chi connectivity index (χ1n) is 5.79. The molecule has 20 heavy (non-hydrogen) atoms. The van der Waals surface area contributed by atoms with Crippen molar-refractivity contribution in [1.29, 1.82) is 0 Å². The summed E-state index contributed by atoms with van der Waals surface area (Å²) in [7, 11) is 0. The number of halogens is 1. The molecule has 102 valence electrons. The van der Waals surface area contributed by atoms with E-state index >= 15 is 0 Å². The van der Waals surface area contributed by atoms with Gasteiger partial charge in [-0.1, -0.05) is 34.1 Å². The number of aryl methyl sites for hydroxylation is 1. The van der Waals surface area contributed by atoms with Crippen LogP contribution < -0.4 is 5.32 Å². The molecule has 0 unspecified atom stereocenters. The number of anilines is 1. The molecule has 0 fully saturated rings. The predicted molar refractivity (Wildman–Crippen MR) is 79.9 cm³/mol. The van der Waals surface area contributed by atoms with E-state index in [9.17, 15) is 14.9 Å². The van der Waals surface area contributed by atoms with Gasteiger partial charge in [-0.15, -0.1) is 0 Å². The van der Waals surface area contributed by atoms with Gasteiger partial charge in [0.15, 0.2) is 0 Å². The van der Waals surface area contributed by atoms with Crippen LogP contribution in [0.25, 0.3) is 0 Å². The standard InChI is InChI=1S/C14H11BrN2O3/c1-9-4-2-3-5-13(9)14(18)16-11-6-10(15)7-12(8-11)17(19)20/h2-8H,1H3,(H,16,18). The molecule has 6 heteroatoms. The summed E-state index contributed by atoms with van der Waals surface area (Å²) < 4.78 is 0.534. The molecule has 0 aromatic heterocycles. The van der Waals surface area contributed by atoms with Gasteiger partial charge in [-0.3, -0.25) is 14.9 Å². The highest BCUT2D eigenvalue weighted by Crippen LogP contribution is 2.25. The van der Waals surface area contributed by atoms with Crippen LogP contribution in [0.1, 0.15) is 15.9 Å². The Kier molecular flexibility index (Phi) is 4.14. The summed E-state index contributed by atoms with van der Waals surface area (Å²) in [5.74, 6) is -0.296. The van der Waals surface area contributed by atoms with Crippen molar-refractivity contribution in [1.82, 2.24) is 0 Å². The van der Waals surface area contributed by atoms with Crippen LogP contribution in [0, 0.1) is 17.0 Å². The number of carbonyl (C=O) groups is 1. The fourth-order valence-electron chi connectivity index (χ4n) is 1.78. The largest absolute Gasteiger partial charge is 0.322 e. The number of nitrogens with one attached hydrogen (secondary N) is 1. The molecule has 0 saturated heterocycles. The molecule has 1 amide bonds. The number of amides is 1. The Bertz CT molecular complexity index is 686. The van der Waals surface area contributed by atoms with Gasteiger partial charge >= 0.3 is 0 Å². The molecular formula is C14H11BrN2O3. The molecule has 0 bridgehead atoms. The smallest absolute Gasteiger partial charge is 0.272 e. The molecule has 0 aliphatic rings. The Hall–Kier alpha value is -2.21. The Morgan fingerprint density at radius 2 is 1.95 bits per heavy atom. The minimum absolute atomic E-state index is 0.0838. The molecule has 0 spiro atoms. The van der Waals surface area contributed by atoms with E-state index < -0.39 is 4.92 Å². The molecule has 0 aliphatic carbocycles. The molecule has 0 saturated carbocycles. The molecule has 1 N–H and O–H groups in total. The summed E-state index contributed by atoms with van der Waals surface area (Å²) in [6.45, 7) is 1.83. The third-order valence-electron chi connectivity index (χ3n) is 2.74. The van der Waals surface area contributed by atoms with Gasteiger partial charge in [-0.25, -0.2) is 0 Å². The second-order valence-electron chi connectivity index (χ2n) is 4.22. The Morgan fingerprint density at radius 3 is 2.60 bits per heavy atom. The lowest BCUT2D eigenvalue weighted by Crippen LogP contribution is -2.13. The topological polar surface area (TPSA) is 72.2 Å². The van der Waals surface area contributed by atoms with Crippen molar-refractivity contribution in [3.05, 3.63) is 68.2 Å². The Balaban J connectivity index is 2.28. The second kappa shape index (κ2) is 5.83. The van der Waals surface area contributed by atoms with Gasteiger partial charge in [0.1, 0.15) is 0 Å². The van der Waals surface area contributed by atoms with Crippen LogP contribution in [0.15, 0.2) is 46.9 Å². The van der Waals surface area contributed by atoms with E-state index in [1.54, 1.807) is 18.2 Å². The quantitative estimate of drug-likeness (QED) is 0.683. The van der Waals surface area contributed by atoms with Crippen molar-refractivity contribution in [3.63, 3.8) is 0 Å². The molecule has 0 atom stereocenters. The van der Waals surface area contributed by atoms with Crippen LogP contribution in [0.3, 0.4) is 0 Å². The zero-order chi connectivity index (χ0) is 14.7. The van der Waals surface area contributed by atoms with Crippen LogP contribution >= 0.6 is 15.9 Å². The van der Waals surface area contributed by atoms with Crippen molar-refractivity contribution in [2.45, 2.75) is 6.92 Å². The van der Waals surface area contributed by atoms with Crippen molar-refractivity contribution in [2.75, 3.05) is 5.32 Å². The first-order valence-corrected chi connectivity index (χ1v) is 6.58. The highest BCUT2D eigenvalue weighted by molar-refractivity contribution is 9.10. The fourth-order valence-corrected chi connectivity index (χ4v) is 2.26. The minimum atomic E-state index is -0.506. The monoisotopic (exact) mass is 334 g/mol. The molecule has 2 aromatic carbocycles. The van der Waals surface area contributed by atoms with Crippen molar-refractivity contribution in [3.8, 4) is 0 Å². The molecule has 2 aromatic rings. The van der Waals surface area contributed by atoms with E-state index in [-0.39, 0.29) is 11.6 Å².